The standard InChI is InChI=1S/C13H13F3N2OS/c1-17-5-9-2-3-12(11(4-9)13(14,15)16)19-7-10-6-18-8-20-10/h2-4,6,8,17H,5,7H2,1H3. The van der Waals surface area contributed by atoms with E-state index >= 15 is 0 Å². The Kier molecular flexibility index (Phi) is 4.61. The Morgan fingerprint density at radius 2 is 2.15 bits per heavy atom. The molecule has 0 aliphatic rings. The topological polar surface area (TPSA) is 34.1 Å². The fourth-order valence-corrected chi connectivity index (χ4v) is 2.21. The first-order valence-electron chi connectivity index (χ1n) is 5.85. The van der Waals surface area contributed by atoms with E-state index in [0.717, 1.165) is 10.9 Å². The third kappa shape index (κ3) is 3.71. The summed E-state index contributed by atoms with van der Waals surface area (Å²) in [5.74, 6) is -0.161. The molecule has 0 amide bonds. The molecule has 0 saturated heterocycles. The van der Waals surface area contributed by atoms with Crippen LogP contribution < -0.4 is 10.1 Å². The van der Waals surface area contributed by atoms with Crippen molar-refractivity contribution in [1.82, 2.24) is 10.3 Å². The van der Waals surface area contributed by atoms with Crippen LogP contribution in [0.15, 0.2) is 29.9 Å². The Morgan fingerprint density at radius 3 is 2.75 bits per heavy atom. The minimum Gasteiger partial charge on any atom is -0.487 e. The monoisotopic (exact) mass is 302 g/mol. The fraction of sp³-hybridized carbons (Fsp3) is 0.308. The van der Waals surface area contributed by atoms with E-state index in [1.165, 1.54) is 17.4 Å². The van der Waals surface area contributed by atoms with Gasteiger partial charge < -0.3 is 10.1 Å². The molecule has 20 heavy (non-hydrogen) atoms. The first kappa shape index (κ1) is 14.8. The van der Waals surface area contributed by atoms with Crippen LogP contribution in [0.4, 0.5) is 13.2 Å². The van der Waals surface area contributed by atoms with Crippen molar-refractivity contribution in [2.45, 2.75) is 19.3 Å². The average molecular weight is 302 g/mol. The SMILES string of the molecule is CNCc1ccc(OCc2cncs2)c(C(F)(F)F)c1. The molecule has 7 heteroatoms. The normalized spacial score (nSPS) is 11.6. The van der Waals surface area contributed by atoms with E-state index in [-0.39, 0.29) is 12.4 Å². The first-order valence-corrected chi connectivity index (χ1v) is 6.73. The molecule has 108 valence electrons. The number of rotatable bonds is 5. The van der Waals surface area contributed by atoms with Crippen molar-refractivity contribution in [3.8, 4) is 5.75 Å². The van der Waals surface area contributed by atoms with E-state index in [2.05, 4.69) is 10.3 Å². The third-order valence-electron chi connectivity index (χ3n) is 2.58. The van der Waals surface area contributed by atoms with Crippen molar-refractivity contribution < 1.29 is 17.9 Å². The van der Waals surface area contributed by atoms with E-state index < -0.39 is 11.7 Å². The molecule has 0 atom stereocenters. The van der Waals surface area contributed by atoms with Gasteiger partial charge in [0.05, 0.1) is 16.0 Å². The maximum absolute atomic E-state index is 13.0. The van der Waals surface area contributed by atoms with Crippen LogP contribution in [-0.2, 0) is 19.3 Å². The van der Waals surface area contributed by atoms with Crippen molar-refractivity contribution in [1.29, 1.82) is 0 Å². The van der Waals surface area contributed by atoms with Crippen LogP contribution in [0.2, 0.25) is 0 Å². The number of ether oxygens (including phenoxy) is 1. The summed E-state index contributed by atoms with van der Waals surface area (Å²) in [7, 11) is 1.68. The maximum atomic E-state index is 13.0. The molecule has 3 nitrogen and oxygen atoms in total. The average Bonchev–Trinajstić information content (AvgIpc) is 2.89. The number of hydrogen-bond acceptors (Lipinski definition) is 4. The second-order valence-electron chi connectivity index (χ2n) is 4.12. The Labute approximate surface area is 118 Å². The summed E-state index contributed by atoms with van der Waals surface area (Å²) < 4.78 is 44.3. The lowest BCUT2D eigenvalue weighted by Crippen LogP contribution is -2.11. The molecule has 0 radical (unpaired) electrons. The zero-order valence-corrected chi connectivity index (χ0v) is 11.5. The summed E-state index contributed by atoms with van der Waals surface area (Å²) in [5, 5.41) is 2.82. The number of hydrogen-bond donors (Lipinski definition) is 1. The summed E-state index contributed by atoms with van der Waals surface area (Å²) in [5.41, 5.74) is 1.42. The molecule has 0 fully saturated rings. The van der Waals surface area contributed by atoms with Gasteiger partial charge in [-0.1, -0.05) is 6.07 Å². The van der Waals surface area contributed by atoms with Gasteiger partial charge in [0.1, 0.15) is 12.4 Å². The molecule has 0 saturated carbocycles. The maximum Gasteiger partial charge on any atom is 0.419 e. The summed E-state index contributed by atoms with van der Waals surface area (Å²) in [6.45, 7) is 0.456. The highest BCUT2D eigenvalue weighted by atomic mass is 32.1. The van der Waals surface area contributed by atoms with Crippen LogP contribution in [0.5, 0.6) is 5.75 Å². The van der Waals surface area contributed by atoms with Gasteiger partial charge in [-0.2, -0.15) is 13.2 Å². The van der Waals surface area contributed by atoms with Gasteiger partial charge in [0.25, 0.3) is 0 Å². The van der Waals surface area contributed by atoms with Gasteiger partial charge in [0, 0.05) is 12.7 Å². The molecule has 0 unspecified atom stereocenters. The van der Waals surface area contributed by atoms with Gasteiger partial charge in [-0.05, 0) is 24.7 Å². The van der Waals surface area contributed by atoms with Crippen LogP contribution >= 0.6 is 11.3 Å². The highest BCUT2D eigenvalue weighted by molar-refractivity contribution is 7.09. The van der Waals surface area contributed by atoms with Gasteiger partial charge in [0.2, 0.25) is 0 Å². The highest BCUT2D eigenvalue weighted by Gasteiger charge is 2.34. The van der Waals surface area contributed by atoms with E-state index in [1.807, 2.05) is 0 Å². The summed E-state index contributed by atoms with van der Waals surface area (Å²) in [6.07, 6.45) is -2.86. The quantitative estimate of drug-likeness (QED) is 0.918. The number of nitrogens with zero attached hydrogens (tertiary/aromatic N) is 1. The molecule has 1 heterocycles. The van der Waals surface area contributed by atoms with Crippen molar-refractivity contribution in [3.63, 3.8) is 0 Å². The zero-order chi connectivity index (χ0) is 14.6. The van der Waals surface area contributed by atoms with Gasteiger partial charge in [0.15, 0.2) is 0 Å². The van der Waals surface area contributed by atoms with Gasteiger partial charge in [-0.15, -0.1) is 11.3 Å². The molecular formula is C13H13F3N2OS. The smallest absolute Gasteiger partial charge is 0.419 e. The van der Waals surface area contributed by atoms with E-state index in [0.29, 0.717) is 12.1 Å². The van der Waals surface area contributed by atoms with E-state index in [1.54, 1.807) is 24.8 Å². The van der Waals surface area contributed by atoms with Crippen molar-refractivity contribution in [3.05, 3.63) is 45.9 Å². The molecule has 1 aromatic carbocycles. The fourth-order valence-electron chi connectivity index (χ4n) is 1.70. The van der Waals surface area contributed by atoms with Crippen molar-refractivity contribution >= 4 is 11.3 Å². The largest absolute Gasteiger partial charge is 0.487 e. The zero-order valence-electron chi connectivity index (χ0n) is 10.7. The number of benzene rings is 1. The lowest BCUT2D eigenvalue weighted by molar-refractivity contribution is -0.139. The first-order chi connectivity index (χ1) is 9.50. The molecular weight excluding hydrogens is 289 g/mol. The second kappa shape index (κ2) is 6.23. The predicted molar refractivity (Wildman–Crippen MR) is 70.7 cm³/mol. The molecule has 0 aliphatic heterocycles. The predicted octanol–water partition coefficient (Wildman–Crippen LogP) is 3.46. The lowest BCUT2D eigenvalue weighted by Gasteiger charge is -2.15. The lowest BCUT2D eigenvalue weighted by atomic mass is 10.1. The van der Waals surface area contributed by atoms with E-state index in [4.69, 9.17) is 4.74 Å². The molecule has 1 aromatic heterocycles. The molecule has 1 N–H and O–H groups in total. The summed E-state index contributed by atoms with van der Waals surface area (Å²) in [6, 6.07) is 4.09. The molecule has 0 bridgehead atoms. The van der Waals surface area contributed by atoms with Crippen LogP contribution in [0.1, 0.15) is 16.0 Å². The molecule has 0 aliphatic carbocycles. The molecule has 0 spiro atoms. The Morgan fingerprint density at radius 1 is 1.35 bits per heavy atom. The van der Waals surface area contributed by atoms with Crippen LogP contribution in [0.25, 0.3) is 0 Å². The number of aromatic nitrogens is 1. The summed E-state index contributed by atoms with van der Waals surface area (Å²) in [4.78, 5) is 4.63. The second-order valence-corrected chi connectivity index (χ2v) is 5.09. The summed E-state index contributed by atoms with van der Waals surface area (Å²) >= 11 is 1.34. The number of alkyl halides is 3. The van der Waals surface area contributed by atoms with E-state index in [9.17, 15) is 13.2 Å². The van der Waals surface area contributed by atoms with Crippen LogP contribution in [0.3, 0.4) is 0 Å². The van der Waals surface area contributed by atoms with Crippen molar-refractivity contribution in [2.75, 3.05) is 7.05 Å². The molecule has 2 aromatic rings. The minimum atomic E-state index is -4.44. The van der Waals surface area contributed by atoms with Gasteiger partial charge in [-0.25, -0.2) is 0 Å². The third-order valence-corrected chi connectivity index (χ3v) is 3.34. The van der Waals surface area contributed by atoms with Crippen LogP contribution in [0, 0.1) is 0 Å². The Bertz CT molecular complexity index is 555. The highest BCUT2D eigenvalue weighted by Crippen LogP contribution is 2.37. The number of thiazole rings is 1. The van der Waals surface area contributed by atoms with Gasteiger partial charge >= 0.3 is 6.18 Å². The number of nitrogens with one attached hydrogen (secondary N) is 1. The van der Waals surface area contributed by atoms with Gasteiger partial charge in [-0.3, -0.25) is 4.98 Å². The Hall–Kier alpha value is -1.60. The molecule has 2 rings (SSSR count). The number of halogens is 3. The van der Waals surface area contributed by atoms with Crippen LogP contribution in [-0.4, -0.2) is 12.0 Å². The van der Waals surface area contributed by atoms with Crippen molar-refractivity contribution in [2.24, 2.45) is 0 Å². The minimum absolute atomic E-state index is 0.0825. The Balaban J connectivity index is 2.22.